The predicted molar refractivity (Wildman–Crippen MR) is 105 cm³/mol. The molecule has 28 heavy (non-hydrogen) atoms. The van der Waals surface area contributed by atoms with Crippen LogP contribution >= 0.6 is 0 Å². The van der Waals surface area contributed by atoms with E-state index in [-0.39, 0.29) is 36.0 Å². The normalized spacial score (nSPS) is 30.3. The van der Waals surface area contributed by atoms with Gasteiger partial charge in [0.25, 0.3) is 0 Å². The van der Waals surface area contributed by atoms with Gasteiger partial charge in [0, 0.05) is 37.1 Å². The van der Waals surface area contributed by atoms with Crippen LogP contribution in [-0.4, -0.2) is 84.1 Å². The summed E-state index contributed by atoms with van der Waals surface area (Å²) in [5.41, 5.74) is 0. The first kappa shape index (κ1) is 21.4. The number of hydrogen-bond donors (Lipinski definition) is 0. The van der Waals surface area contributed by atoms with E-state index in [1.165, 1.54) is 0 Å². The lowest BCUT2D eigenvalue weighted by Gasteiger charge is -2.28. The number of likely N-dealkylation sites (tertiary alicyclic amines) is 1. The molecular weight excluding hydrogens is 382 g/mol. The number of amides is 2. The molecule has 3 aliphatic rings. The second-order valence-electron chi connectivity index (χ2n) is 8.65. The number of rotatable bonds is 7. The Morgan fingerprint density at radius 3 is 2.21 bits per heavy atom. The summed E-state index contributed by atoms with van der Waals surface area (Å²) in [7, 11) is -3.28. The van der Waals surface area contributed by atoms with Crippen molar-refractivity contribution in [1.82, 2.24) is 14.1 Å². The lowest BCUT2D eigenvalue weighted by atomic mass is 9.98. The summed E-state index contributed by atoms with van der Waals surface area (Å²) in [6, 6.07) is -0.160. The number of carbonyl (C=O) groups excluding carboxylic acids is 2. The zero-order chi connectivity index (χ0) is 20.6. The summed E-state index contributed by atoms with van der Waals surface area (Å²) >= 11 is 0. The van der Waals surface area contributed by atoms with Crippen molar-refractivity contribution in [3.63, 3.8) is 0 Å². The first-order chi connectivity index (χ1) is 13.1. The van der Waals surface area contributed by atoms with E-state index in [1.807, 2.05) is 32.6 Å². The molecule has 0 saturated carbocycles. The smallest absolute Gasteiger partial charge is 0.410 e. The van der Waals surface area contributed by atoms with Gasteiger partial charge in [-0.2, -0.15) is 4.31 Å². The SMILES string of the molecule is CC(CC1CCN(C(C)CC2CCN(C(C)C)S2(=O)=O)C1=O)N1CCOC1=O. The van der Waals surface area contributed by atoms with E-state index in [4.69, 9.17) is 4.74 Å². The van der Waals surface area contributed by atoms with Gasteiger partial charge in [0.2, 0.25) is 15.9 Å². The van der Waals surface area contributed by atoms with Crippen molar-refractivity contribution in [1.29, 1.82) is 0 Å². The van der Waals surface area contributed by atoms with Crippen LogP contribution in [-0.2, 0) is 19.6 Å². The lowest BCUT2D eigenvalue weighted by Crippen LogP contribution is -2.41. The maximum Gasteiger partial charge on any atom is 0.410 e. The van der Waals surface area contributed by atoms with E-state index in [0.717, 1.165) is 6.42 Å². The molecule has 0 radical (unpaired) electrons. The summed E-state index contributed by atoms with van der Waals surface area (Å²) in [5.74, 6) is -0.0266. The largest absolute Gasteiger partial charge is 0.448 e. The fourth-order valence-corrected chi connectivity index (χ4v) is 7.06. The molecule has 0 aromatic carbocycles. The van der Waals surface area contributed by atoms with Crippen molar-refractivity contribution in [2.45, 2.75) is 76.8 Å². The molecule has 3 saturated heterocycles. The summed E-state index contributed by atoms with van der Waals surface area (Å²) in [6.07, 6.45) is 2.19. The number of nitrogens with zero attached hydrogens (tertiary/aromatic N) is 3. The summed E-state index contributed by atoms with van der Waals surface area (Å²) in [4.78, 5) is 28.2. The molecule has 3 heterocycles. The van der Waals surface area contributed by atoms with E-state index in [9.17, 15) is 18.0 Å². The molecular formula is C19H33N3O5S. The molecule has 0 aromatic heterocycles. The number of sulfonamides is 1. The molecule has 3 fully saturated rings. The van der Waals surface area contributed by atoms with Gasteiger partial charge in [-0.15, -0.1) is 0 Å². The monoisotopic (exact) mass is 415 g/mol. The highest BCUT2D eigenvalue weighted by molar-refractivity contribution is 7.90. The zero-order valence-corrected chi connectivity index (χ0v) is 18.2. The van der Waals surface area contributed by atoms with Crippen molar-refractivity contribution < 1.29 is 22.7 Å². The highest BCUT2D eigenvalue weighted by atomic mass is 32.2. The third-order valence-corrected chi connectivity index (χ3v) is 8.96. The van der Waals surface area contributed by atoms with Gasteiger partial charge in [0.1, 0.15) is 6.61 Å². The molecule has 0 aromatic rings. The highest BCUT2D eigenvalue weighted by Crippen LogP contribution is 2.32. The Bertz CT molecular complexity index is 710. The van der Waals surface area contributed by atoms with Crippen LogP contribution in [0.25, 0.3) is 0 Å². The summed E-state index contributed by atoms with van der Waals surface area (Å²) < 4.78 is 32.0. The molecule has 0 bridgehead atoms. The van der Waals surface area contributed by atoms with Gasteiger partial charge in [-0.1, -0.05) is 0 Å². The topological polar surface area (TPSA) is 87.2 Å². The Morgan fingerprint density at radius 2 is 1.64 bits per heavy atom. The van der Waals surface area contributed by atoms with Crippen LogP contribution < -0.4 is 0 Å². The summed E-state index contributed by atoms with van der Waals surface area (Å²) in [5, 5.41) is -0.407. The second kappa shape index (κ2) is 8.18. The Hall–Kier alpha value is -1.35. The maximum absolute atomic E-state index is 12.9. The molecule has 3 aliphatic heterocycles. The molecule has 8 nitrogen and oxygen atoms in total. The minimum absolute atomic E-state index is 0.0260. The fourth-order valence-electron chi connectivity index (χ4n) is 4.80. The van der Waals surface area contributed by atoms with Crippen molar-refractivity contribution in [3.8, 4) is 0 Å². The van der Waals surface area contributed by atoms with Crippen LogP contribution in [0.5, 0.6) is 0 Å². The number of ether oxygens (including phenoxy) is 1. The third kappa shape index (κ3) is 4.01. The van der Waals surface area contributed by atoms with Crippen LogP contribution in [0.1, 0.15) is 53.4 Å². The van der Waals surface area contributed by atoms with Gasteiger partial charge in [-0.3, -0.25) is 4.79 Å². The van der Waals surface area contributed by atoms with Crippen molar-refractivity contribution in [2.24, 2.45) is 5.92 Å². The molecule has 0 N–H and O–H groups in total. The Kier molecular flexibility index (Phi) is 6.24. The van der Waals surface area contributed by atoms with E-state index in [2.05, 4.69) is 0 Å². The van der Waals surface area contributed by atoms with Crippen molar-refractivity contribution >= 4 is 22.0 Å². The fraction of sp³-hybridized carbons (Fsp3) is 0.895. The molecule has 3 rings (SSSR count). The van der Waals surface area contributed by atoms with Gasteiger partial charge in [0.05, 0.1) is 11.8 Å². The van der Waals surface area contributed by atoms with E-state index >= 15 is 0 Å². The van der Waals surface area contributed by atoms with Crippen LogP contribution in [0, 0.1) is 5.92 Å². The Morgan fingerprint density at radius 1 is 0.964 bits per heavy atom. The second-order valence-corrected chi connectivity index (χ2v) is 10.8. The van der Waals surface area contributed by atoms with Crippen molar-refractivity contribution in [3.05, 3.63) is 0 Å². The van der Waals surface area contributed by atoms with Gasteiger partial charge in [0.15, 0.2) is 0 Å². The first-order valence-electron chi connectivity index (χ1n) is 10.4. The molecule has 0 aliphatic carbocycles. The first-order valence-corrected chi connectivity index (χ1v) is 11.9. The average Bonchev–Trinajstić information content (AvgIpc) is 3.27. The van der Waals surface area contributed by atoms with Gasteiger partial charge in [-0.05, 0) is 53.4 Å². The van der Waals surface area contributed by atoms with E-state index in [0.29, 0.717) is 45.5 Å². The molecule has 4 atom stereocenters. The van der Waals surface area contributed by atoms with E-state index < -0.39 is 15.3 Å². The lowest BCUT2D eigenvalue weighted by molar-refractivity contribution is -0.133. The highest BCUT2D eigenvalue weighted by Gasteiger charge is 2.43. The Labute approximate surface area is 168 Å². The van der Waals surface area contributed by atoms with Crippen LogP contribution in [0.4, 0.5) is 4.79 Å². The number of hydrogen-bond acceptors (Lipinski definition) is 5. The van der Waals surface area contributed by atoms with Crippen molar-refractivity contribution in [2.75, 3.05) is 26.2 Å². The molecule has 9 heteroatoms. The van der Waals surface area contributed by atoms with Crippen LogP contribution in [0.15, 0.2) is 0 Å². The van der Waals surface area contributed by atoms with Crippen LogP contribution in [0.2, 0.25) is 0 Å². The van der Waals surface area contributed by atoms with Gasteiger partial charge < -0.3 is 14.5 Å². The molecule has 4 unspecified atom stereocenters. The standard InChI is InChI=1S/C19H33N3O5S/c1-13(2)22-8-6-17(28(22,25)26)12-15(4)20-7-5-16(18(20)23)11-14(3)21-9-10-27-19(21)24/h13-17H,5-12H2,1-4H3. The van der Waals surface area contributed by atoms with Gasteiger partial charge >= 0.3 is 6.09 Å². The van der Waals surface area contributed by atoms with Gasteiger partial charge in [-0.25, -0.2) is 13.2 Å². The zero-order valence-electron chi connectivity index (χ0n) is 17.3. The van der Waals surface area contributed by atoms with E-state index in [1.54, 1.807) is 9.21 Å². The minimum Gasteiger partial charge on any atom is -0.448 e. The quantitative estimate of drug-likeness (QED) is 0.631. The number of cyclic esters (lactones) is 1. The minimum atomic E-state index is -3.28. The third-order valence-electron chi connectivity index (χ3n) is 6.43. The average molecular weight is 416 g/mol. The maximum atomic E-state index is 12.9. The summed E-state index contributed by atoms with van der Waals surface area (Å²) in [6.45, 7) is 9.91. The number of carbonyl (C=O) groups is 2. The molecule has 160 valence electrons. The molecule has 0 spiro atoms. The molecule has 2 amide bonds. The van der Waals surface area contributed by atoms with Crippen LogP contribution in [0.3, 0.4) is 0 Å². The predicted octanol–water partition coefficient (Wildman–Crippen LogP) is 1.66. The Balaban J connectivity index is 1.56.